The maximum absolute atomic E-state index is 12.9. The van der Waals surface area contributed by atoms with Gasteiger partial charge in [0.2, 0.25) is 15.9 Å². The van der Waals surface area contributed by atoms with Gasteiger partial charge in [0.1, 0.15) is 5.75 Å². The van der Waals surface area contributed by atoms with Crippen molar-refractivity contribution in [2.45, 2.75) is 30.6 Å². The van der Waals surface area contributed by atoms with Crippen LogP contribution in [0.4, 0.5) is 5.69 Å². The summed E-state index contributed by atoms with van der Waals surface area (Å²) in [5.41, 5.74) is 0.331. The molecular formula is C17H26N2O5S2. The lowest BCUT2D eigenvalue weighted by atomic mass is 10.2. The lowest BCUT2D eigenvalue weighted by molar-refractivity contribution is -0.113. The maximum atomic E-state index is 12.9. The van der Waals surface area contributed by atoms with Gasteiger partial charge in [-0.1, -0.05) is 12.8 Å². The van der Waals surface area contributed by atoms with E-state index in [4.69, 9.17) is 9.84 Å². The average Bonchev–Trinajstić information content (AvgIpc) is 2.92. The highest BCUT2D eigenvalue weighted by atomic mass is 32.2. The Hall–Kier alpha value is -1.29. The van der Waals surface area contributed by atoms with Crippen LogP contribution in [-0.4, -0.2) is 62.0 Å². The summed E-state index contributed by atoms with van der Waals surface area (Å²) in [5.74, 6) is 0.771. The summed E-state index contributed by atoms with van der Waals surface area (Å²) in [7, 11) is -2.13. The fourth-order valence-electron chi connectivity index (χ4n) is 2.79. The molecule has 1 aromatic carbocycles. The third-order valence-corrected chi connectivity index (χ3v) is 6.95. The Balaban J connectivity index is 2.20. The van der Waals surface area contributed by atoms with Crippen LogP contribution in [0.15, 0.2) is 23.1 Å². The van der Waals surface area contributed by atoms with Crippen LogP contribution in [0.1, 0.15) is 25.7 Å². The Morgan fingerprint density at radius 1 is 1.27 bits per heavy atom. The molecule has 1 amide bonds. The highest BCUT2D eigenvalue weighted by molar-refractivity contribution is 7.99. The molecule has 146 valence electrons. The number of rotatable bonds is 8. The van der Waals surface area contributed by atoms with Crippen LogP contribution in [0, 0.1) is 0 Å². The summed E-state index contributed by atoms with van der Waals surface area (Å²) in [6.45, 7) is 1.05. The summed E-state index contributed by atoms with van der Waals surface area (Å²) < 4.78 is 32.6. The van der Waals surface area contributed by atoms with E-state index in [0.717, 1.165) is 25.7 Å². The van der Waals surface area contributed by atoms with Gasteiger partial charge >= 0.3 is 0 Å². The molecule has 0 saturated carbocycles. The number of aliphatic hydroxyl groups is 1. The van der Waals surface area contributed by atoms with Gasteiger partial charge < -0.3 is 15.2 Å². The van der Waals surface area contributed by atoms with Crippen molar-refractivity contribution in [2.75, 3.05) is 43.6 Å². The number of anilines is 1. The van der Waals surface area contributed by atoms with E-state index in [-0.39, 0.29) is 23.2 Å². The van der Waals surface area contributed by atoms with E-state index in [1.165, 1.54) is 35.3 Å². The van der Waals surface area contributed by atoms with Crippen molar-refractivity contribution in [3.05, 3.63) is 18.2 Å². The number of carbonyl (C=O) groups is 1. The van der Waals surface area contributed by atoms with Crippen molar-refractivity contribution < 1.29 is 23.1 Å². The molecule has 2 rings (SSSR count). The smallest absolute Gasteiger partial charge is 0.243 e. The molecule has 1 aromatic rings. The number of benzene rings is 1. The Bertz CT molecular complexity index is 701. The standard InChI is InChI=1S/C17H26N2O5S2/c1-24-16-7-6-14(12-15(16)18-17(21)13-25-11-10-20)26(22,23)19-8-4-2-3-5-9-19/h6-7,12,20H,2-5,8-11,13H2,1H3,(H,18,21). The molecule has 0 spiro atoms. The summed E-state index contributed by atoms with van der Waals surface area (Å²) in [6, 6.07) is 4.52. The van der Waals surface area contributed by atoms with E-state index >= 15 is 0 Å². The van der Waals surface area contributed by atoms with Gasteiger partial charge in [-0.15, -0.1) is 11.8 Å². The van der Waals surface area contributed by atoms with E-state index in [1.54, 1.807) is 6.07 Å². The number of nitrogens with zero attached hydrogens (tertiary/aromatic N) is 1. The van der Waals surface area contributed by atoms with Crippen molar-refractivity contribution in [2.24, 2.45) is 0 Å². The topological polar surface area (TPSA) is 95.9 Å². The van der Waals surface area contributed by atoms with Crippen LogP contribution in [0.3, 0.4) is 0 Å². The lowest BCUT2D eigenvalue weighted by Gasteiger charge is -2.21. The van der Waals surface area contributed by atoms with Crippen LogP contribution in [0.5, 0.6) is 5.75 Å². The van der Waals surface area contributed by atoms with Crippen LogP contribution in [-0.2, 0) is 14.8 Å². The SMILES string of the molecule is COc1ccc(S(=O)(=O)N2CCCCCC2)cc1NC(=O)CSCCO. The summed E-state index contributed by atoms with van der Waals surface area (Å²) in [5, 5.41) is 11.5. The predicted molar refractivity (Wildman–Crippen MR) is 103 cm³/mol. The molecule has 0 bridgehead atoms. The molecule has 1 heterocycles. The van der Waals surface area contributed by atoms with Gasteiger partial charge in [-0.2, -0.15) is 4.31 Å². The summed E-state index contributed by atoms with van der Waals surface area (Å²) in [6.07, 6.45) is 3.81. The average molecular weight is 403 g/mol. The molecule has 0 unspecified atom stereocenters. The molecule has 2 N–H and O–H groups in total. The Morgan fingerprint density at radius 3 is 2.58 bits per heavy atom. The number of methoxy groups -OCH3 is 1. The van der Waals surface area contributed by atoms with E-state index in [9.17, 15) is 13.2 Å². The summed E-state index contributed by atoms with van der Waals surface area (Å²) >= 11 is 1.30. The van der Waals surface area contributed by atoms with Gasteiger partial charge in [0.15, 0.2) is 0 Å². The minimum atomic E-state index is -3.60. The molecule has 0 aliphatic carbocycles. The fraction of sp³-hybridized carbons (Fsp3) is 0.588. The Morgan fingerprint density at radius 2 is 1.96 bits per heavy atom. The third-order valence-electron chi connectivity index (χ3n) is 4.12. The van der Waals surface area contributed by atoms with Gasteiger partial charge in [-0.3, -0.25) is 4.79 Å². The largest absolute Gasteiger partial charge is 0.495 e. The number of nitrogens with one attached hydrogen (secondary N) is 1. The zero-order valence-corrected chi connectivity index (χ0v) is 16.6. The number of thioether (sulfide) groups is 1. The van der Waals surface area contributed by atoms with Crippen LogP contribution < -0.4 is 10.1 Å². The molecule has 7 nitrogen and oxygen atoms in total. The van der Waals surface area contributed by atoms with Gasteiger partial charge in [0, 0.05) is 18.8 Å². The molecule has 1 fully saturated rings. The zero-order valence-electron chi connectivity index (χ0n) is 14.9. The number of aliphatic hydroxyl groups excluding tert-OH is 1. The Labute approximate surface area is 159 Å². The van der Waals surface area contributed by atoms with Crippen LogP contribution >= 0.6 is 11.8 Å². The lowest BCUT2D eigenvalue weighted by Crippen LogP contribution is -2.32. The highest BCUT2D eigenvalue weighted by Gasteiger charge is 2.26. The van der Waals surface area contributed by atoms with Crippen molar-refractivity contribution >= 4 is 33.4 Å². The number of ether oxygens (including phenoxy) is 1. The third kappa shape index (κ3) is 5.60. The second-order valence-corrected chi connectivity index (χ2v) is 9.05. The minimum absolute atomic E-state index is 0.00479. The number of hydrogen-bond donors (Lipinski definition) is 2. The molecule has 1 aliphatic rings. The minimum Gasteiger partial charge on any atom is -0.495 e. The van der Waals surface area contributed by atoms with Gasteiger partial charge in [0.05, 0.1) is 30.1 Å². The molecule has 26 heavy (non-hydrogen) atoms. The first-order valence-electron chi connectivity index (χ1n) is 8.65. The van der Waals surface area contributed by atoms with E-state index in [2.05, 4.69) is 5.32 Å². The molecule has 9 heteroatoms. The van der Waals surface area contributed by atoms with E-state index in [0.29, 0.717) is 30.3 Å². The van der Waals surface area contributed by atoms with Gasteiger partial charge in [0.25, 0.3) is 0 Å². The van der Waals surface area contributed by atoms with Crippen molar-refractivity contribution in [1.82, 2.24) is 4.31 Å². The first-order chi connectivity index (χ1) is 12.5. The highest BCUT2D eigenvalue weighted by Crippen LogP contribution is 2.30. The van der Waals surface area contributed by atoms with Crippen LogP contribution in [0.2, 0.25) is 0 Å². The molecule has 0 radical (unpaired) electrons. The predicted octanol–water partition coefficient (Wildman–Crippen LogP) is 1.92. The molecule has 1 saturated heterocycles. The number of hydrogen-bond acceptors (Lipinski definition) is 6. The molecule has 0 atom stereocenters. The first-order valence-corrected chi connectivity index (χ1v) is 11.2. The monoisotopic (exact) mass is 402 g/mol. The molecule has 0 aromatic heterocycles. The molecular weight excluding hydrogens is 376 g/mol. The number of carbonyl (C=O) groups excluding carboxylic acids is 1. The van der Waals surface area contributed by atoms with Gasteiger partial charge in [-0.25, -0.2) is 8.42 Å². The quantitative estimate of drug-likeness (QED) is 0.645. The second-order valence-electron chi connectivity index (χ2n) is 6.00. The number of sulfonamides is 1. The fourth-order valence-corrected chi connectivity index (χ4v) is 4.87. The van der Waals surface area contributed by atoms with Crippen molar-refractivity contribution in [1.29, 1.82) is 0 Å². The maximum Gasteiger partial charge on any atom is 0.243 e. The molecule has 1 aliphatic heterocycles. The van der Waals surface area contributed by atoms with Crippen molar-refractivity contribution in [3.8, 4) is 5.75 Å². The van der Waals surface area contributed by atoms with Crippen molar-refractivity contribution in [3.63, 3.8) is 0 Å². The van der Waals surface area contributed by atoms with Gasteiger partial charge in [-0.05, 0) is 31.0 Å². The summed E-state index contributed by atoms with van der Waals surface area (Å²) in [4.78, 5) is 12.2. The number of amides is 1. The van der Waals surface area contributed by atoms with E-state index in [1.807, 2.05) is 0 Å². The van der Waals surface area contributed by atoms with E-state index < -0.39 is 10.0 Å². The zero-order chi connectivity index (χ0) is 19.0. The van der Waals surface area contributed by atoms with Crippen LogP contribution in [0.25, 0.3) is 0 Å². The first kappa shape index (κ1) is 21.0. The Kier molecular flexibility index (Phi) is 8.20. The normalized spacial score (nSPS) is 16.1. The second kappa shape index (κ2) is 10.1.